The number of carbonyl (C=O) groups is 1. The number of rotatable bonds is 7. The first-order valence-electron chi connectivity index (χ1n) is 8.71. The van der Waals surface area contributed by atoms with Crippen LogP contribution < -0.4 is 4.74 Å². The minimum atomic E-state index is -0.932. The van der Waals surface area contributed by atoms with E-state index in [2.05, 4.69) is 20.8 Å². The molecule has 0 aliphatic carbocycles. The van der Waals surface area contributed by atoms with Gasteiger partial charge in [-0.1, -0.05) is 51.1 Å². The molecule has 0 saturated heterocycles. The van der Waals surface area contributed by atoms with Gasteiger partial charge in [0.05, 0.1) is 12.2 Å². The van der Waals surface area contributed by atoms with E-state index < -0.39 is 5.97 Å². The summed E-state index contributed by atoms with van der Waals surface area (Å²) >= 11 is 0. The Morgan fingerprint density at radius 2 is 1.84 bits per heavy atom. The highest BCUT2D eigenvalue weighted by atomic mass is 16.5. The summed E-state index contributed by atoms with van der Waals surface area (Å²) in [5.74, 6) is 0.294. The fourth-order valence-corrected chi connectivity index (χ4v) is 2.65. The minimum Gasteiger partial charge on any atom is -0.494 e. The largest absolute Gasteiger partial charge is 0.494 e. The van der Waals surface area contributed by atoms with Crippen molar-refractivity contribution in [2.24, 2.45) is 0 Å². The molecule has 0 aromatic heterocycles. The Bertz CT molecular complexity index is 755. The number of aliphatic carboxylic acids is 1. The van der Waals surface area contributed by atoms with Crippen molar-refractivity contribution in [2.45, 2.75) is 40.0 Å². The second kappa shape index (κ2) is 8.52. The second-order valence-electron chi connectivity index (χ2n) is 6.51. The van der Waals surface area contributed by atoms with Crippen LogP contribution in [0.4, 0.5) is 0 Å². The van der Waals surface area contributed by atoms with Crippen LogP contribution in [0.1, 0.15) is 55.4 Å². The van der Waals surface area contributed by atoms with Gasteiger partial charge in [0, 0.05) is 0 Å². The lowest BCUT2D eigenvalue weighted by atomic mass is 9.97. The molecule has 0 amide bonds. The lowest BCUT2D eigenvalue weighted by molar-refractivity contribution is -0.130. The average Bonchev–Trinajstić information content (AvgIpc) is 2.58. The fraction of sp³-hybridized carbons (Fsp3) is 0.318. The first kappa shape index (κ1) is 18.8. The third-order valence-electron chi connectivity index (χ3n) is 4.11. The molecule has 0 fully saturated rings. The van der Waals surface area contributed by atoms with Gasteiger partial charge in [-0.2, -0.15) is 0 Å². The predicted molar refractivity (Wildman–Crippen MR) is 103 cm³/mol. The number of hydrogen-bond donors (Lipinski definition) is 1. The minimum absolute atomic E-state index is 0.289. The first-order chi connectivity index (χ1) is 11.9. The van der Waals surface area contributed by atoms with Crippen LogP contribution in [-0.2, 0) is 4.79 Å². The number of ether oxygens (including phenoxy) is 1. The van der Waals surface area contributed by atoms with E-state index in [1.165, 1.54) is 5.56 Å². The highest BCUT2D eigenvalue weighted by molar-refractivity contribution is 6.21. The number of carboxylic acids is 1. The molecule has 0 spiro atoms. The summed E-state index contributed by atoms with van der Waals surface area (Å²) in [4.78, 5) is 11.8. The summed E-state index contributed by atoms with van der Waals surface area (Å²) in [7, 11) is 0. The lowest BCUT2D eigenvalue weighted by Gasteiger charge is -2.11. The third-order valence-corrected chi connectivity index (χ3v) is 4.11. The Balaban J connectivity index is 2.36. The average molecular weight is 338 g/mol. The van der Waals surface area contributed by atoms with Crippen molar-refractivity contribution < 1.29 is 14.6 Å². The number of benzene rings is 2. The fourth-order valence-electron chi connectivity index (χ4n) is 2.65. The van der Waals surface area contributed by atoms with Crippen LogP contribution in [0.5, 0.6) is 5.75 Å². The quantitative estimate of drug-likeness (QED) is 0.533. The molecular formula is C22H26O3. The van der Waals surface area contributed by atoms with Crippen molar-refractivity contribution >= 4 is 17.6 Å². The molecule has 0 unspecified atom stereocenters. The van der Waals surface area contributed by atoms with Crippen molar-refractivity contribution in [3.8, 4) is 5.75 Å². The molecular weight excluding hydrogens is 312 g/mol. The molecule has 2 rings (SSSR count). The maximum absolute atomic E-state index is 11.8. The van der Waals surface area contributed by atoms with Gasteiger partial charge in [0.15, 0.2) is 0 Å². The maximum atomic E-state index is 11.8. The molecule has 25 heavy (non-hydrogen) atoms. The second-order valence-corrected chi connectivity index (χ2v) is 6.51. The first-order valence-corrected chi connectivity index (χ1v) is 8.71. The summed E-state index contributed by atoms with van der Waals surface area (Å²) in [5.41, 5.74) is 4.01. The van der Waals surface area contributed by atoms with E-state index in [9.17, 15) is 9.90 Å². The van der Waals surface area contributed by atoms with Crippen LogP contribution in [0.15, 0.2) is 42.5 Å². The lowest BCUT2D eigenvalue weighted by Crippen LogP contribution is -2.02. The standard InChI is InChI=1S/C22H26O3/c1-5-12-25-19-10-11-20(16(4)13-19)21(22(23)24)14-17-6-8-18(9-7-17)15(2)3/h6-11,13-15H,5,12H2,1-4H3,(H,23,24)/b21-14-. The summed E-state index contributed by atoms with van der Waals surface area (Å²) in [6.45, 7) is 8.89. The molecule has 2 aromatic rings. The molecule has 3 nitrogen and oxygen atoms in total. The molecule has 1 N–H and O–H groups in total. The van der Waals surface area contributed by atoms with Gasteiger partial charge in [-0.25, -0.2) is 4.79 Å². The van der Waals surface area contributed by atoms with Gasteiger partial charge < -0.3 is 9.84 Å². The molecule has 0 radical (unpaired) electrons. The van der Waals surface area contributed by atoms with Gasteiger partial charge >= 0.3 is 5.97 Å². The Morgan fingerprint density at radius 3 is 2.36 bits per heavy atom. The summed E-state index contributed by atoms with van der Waals surface area (Å²) in [6, 6.07) is 13.6. The molecule has 3 heteroatoms. The number of hydrogen-bond acceptors (Lipinski definition) is 2. The Kier molecular flexibility index (Phi) is 6.40. The zero-order valence-corrected chi connectivity index (χ0v) is 15.4. The molecule has 2 aromatic carbocycles. The smallest absolute Gasteiger partial charge is 0.336 e. The van der Waals surface area contributed by atoms with E-state index in [-0.39, 0.29) is 5.57 Å². The highest BCUT2D eigenvalue weighted by Gasteiger charge is 2.14. The Labute approximate surface area is 150 Å². The molecule has 132 valence electrons. The van der Waals surface area contributed by atoms with Crippen molar-refractivity contribution in [3.63, 3.8) is 0 Å². The predicted octanol–water partition coefficient (Wildman–Crippen LogP) is 5.53. The third kappa shape index (κ3) is 4.96. The van der Waals surface area contributed by atoms with Crippen LogP contribution >= 0.6 is 0 Å². The van der Waals surface area contributed by atoms with E-state index >= 15 is 0 Å². The molecule has 0 aliphatic heterocycles. The summed E-state index contributed by atoms with van der Waals surface area (Å²) in [6.07, 6.45) is 2.66. The van der Waals surface area contributed by atoms with Gasteiger partial charge in [0.25, 0.3) is 0 Å². The van der Waals surface area contributed by atoms with E-state index in [4.69, 9.17) is 4.74 Å². The van der Waals surface area contributed by atoms with Crippen LogP contribution in [-0.4, -0.2) is 17.7 Å². The highest BCUT2D eigenvalue weighted by Crippen LogP contribution is 2.26. The molecule has 0 aliphatic rings. The summed E-state index contributed by atoms with van der Waals surface area (Å²) in [5, 5.41) is 9.67. The van der Waals surface area contributed by atoms with Crippen molar-refractivity contribution in [2.75, 3.05) is 6.61 Å². The van der Waals surface area contributed by atoms with Gasteiger partial charge in [-0.3, -0.25) is 0 Å². The topological polar surface area (TPSA) is 46.5 Å². The van der Waals surface area contributed by atoms with Crippen LogP contribution in [0.25, 0.3) is 11.6 Å². The van der Waals surface area contributed by atoms with Crippen molar-refractivity contribution in [1.82, 2.24) is 0 Å². The van der Waals surface area contributed by atoms with Gasteiger partial charge in [-0.15, -0.1) is 0 Å². The van der Waals surface area contributed by atoms with E-state index in [1.807, 2.05) is 49.4 Å². The number of carboxylic acid groups (broad SMARTS) is 1. The van der Waals surface area contributed by atoms with Crippen molar-refractivity contribution in [3.05, 3.63) is 64.7 Å². The van der Waals surface area contributed by atoms with E-state index in [0.29, 0.717) is 18.1 Å². The SMILES string of the molecule is CCCOc1ccc(/C(=C/c2ccc(C(C)C)cc2)C(=O)O)c(C)c1. The zero-order valence-electron chi connectivity index (χ0n) is 15.4. The summed E-state index contributed by atoms with van der Waals surface area (Å²) < 4.78 is 5.62. The van der Waals surface area contributed by atoms with Gasteiger partial charge in [-0.05, 0) is 59.7 Å². The molecule has 0 saturated carbocycles. The molecule has 0 bridgehead atoms. The van der Waals surface area contributed by atoms with Gasteiger partial charge in [0.1, 0.15) is 5.75 Å². The van der Waals surface area contributed by atoms with E-state index in [1.54, 1.807) is 6.08 Å². The Hall–Kier alpha value is -2.55. The molecule has 0 heterocycles. The molecule has 0 atom stereocenters. The maximum Gasteiger partial charge on any atom is 0.336 e. The number of aryl methyl sites for hydroxylation is 1. The van der Waals surface area contributed by atoms with Crippen LogP contribution in [0.3, 0.4) is 0 Å². The normalized spacial score (nSPS) is 11.6. The Morgan fingerprint density at radius 1 is 1.16 bits per heavy atom. The van der Waals surface area contributed by atoms with E-state index in [0.717, 1.165) is 23.3 Å². The van der Waals surface area contributed by atoms with Gasteiger partial charge in [0.2, 0.25) is 0 Å². The van der Waals surface area contributed by atoms with Crippen LogP contribution in [0.2, 0.25) is 0 Å². The monoisotopic (exact) mass is 338 g/mol. The van der Waals surface area contributed by atoms with Crippen LogP contribution in [0, 0.1) is 6.92 Å². The van der Waals surface area contributed by atoms with Crippen molar-refractivity contribution in [1.29, 1.82) is 0 Å². The zero-order chi connectivity index (χ0) is 18.4.